The normalized spacial score (nSPS) is 21.6. The molecule has 0 amide bonds. The molecule has 0 spiro atoms. The smallest absolute Gasteiger partial charge is 0.0470 e. The first-order chi connectivity index (χ1) is 9.52. The summed E-state index contributed by atoms with van der Waals surface area (Å²) in [7, 11) is 4.40. The van der Waals surface area contributed by atoms with Gasteiger partial charge in [0, 0.05) is 30.2 Å². The average molecular weight is 296 g/mol. The molecule has 0 aromatic heterocycles. The zero-order valence-corrected chi connectivity index (χ0v) is 13.5. The predicted molar refractivity (Wildman–Crippen MR) is 86.3 cm³/mol. The molecule has 1 fully saturated rings. The summed E-state index contributed by atoms with van der Waals surface area (Å²) in [6.45, 7) is 5.03. The van der Waals surface area contributed by atoms with E-state index in [2.05, 4.69) is 36.9 Å². The number of nitrogens with two attached hydrogens (primary N) is 1. The molecule has 20 heavy (non-hydrogen) atoms. The lowest BCUT2D eigenvalue weighted by Gasteiger charge is -2.32. The Morgan fingerprint density at radius 1 is 1.50 bits per heavy atom. The molecule has 112 valence electrons. The van der Waals surface area contributed by atoms with Crippen LogP contribution >= 0.6 is 11.6 Å². The third-order valence-corrected chi connectivity index (χ3v) is 4.75. The first-order valence-electron chi connectivity index (χ1n) is 7.39. The molecular weight excluding hydrogens is 270 g/mol. The van der Waals surface area contributed by atoms with Crippen molar-refractivity contribution in [3.8, 4) is 0 Å². The fraction of sp³-hybridized carbons (Fsp3) is 0.625. The Kier molecular flexibility index (Phi) is 5.44. The number of halogens is 1. The van der Waals surface area contributed by atoms with Crippen LogP contribution < -0.4 is 5.73 Å². The molecule has 1 heterocycles. The molecule has 0 bridgehead atoms. The van der Waals surface area contributed by atoms with E-state index >= 15 is 0 Å². The summed E-state index contributed by atoms with van der Waals surface area (Å²) in [6.07, 6.45) is 2.60. The number of hydrogen-bond acceptors (Lipinski definition) is 3. The van der Waals surface area contributed by atoms with E-state index in [4.69, 9.17) is 17.3 Å². The predicted octanol–water partition coefficient (Wildman–Crippen LogP) is 2.67. The van der Waals surface area contributed by atoms with Gasteiger partial charge in [0.05, 0.1) is 0 Å². The SMILES string of the molecule is Cc1cc(Cl)ccc1C(CN)N(C)CC1CCCN1C. The van der Waals surface area contributed by atoms with E-state index in [9.17, 15) is 0 Å². The number of aryl methyl sites for hydroxylation is 1. The largest absolute Gasteiger partial charge is 0.329 e. The van der Waals surface area contributed by atoms with Crippen molar-refractivity contribution in [1.29, 1.82) is 0 Å². The molecule has 1 aromatic rings. The van der Waals surface area contributed by atoms with Gasteiger partial charge in [-0.3, -0.25) is 4.90 Å². The van der Waals surface area contributed by atoms with Gasteiger partial charge < -0.3 is 10.6 Å². The summed E-state index contributed by atoms with van der Waals surface area (Å²) < 4.78 is 0. The molecule has 1 saturated heterocycles. The van der Waals surface area contributed by atoms with Crippen LogP contribution in [0, 0.1) is 6.92 Å². The second-order valence-corrected chi connectivity index (χ2v) is 6.41. The van der Waals surface area contributed by atoms with E-state index in [1.807, 2.05) is 12.1 Å². The van der Waals surface area contributed by atoms with Crippen molar-refractivity contribution in [3.63, 3.8) is 0 Å². The summed E-state index contributed by atoms with van der Waals surface area (Å²) in [5.41, 5.74) is 8.55. The van der Waals surface area contributed by atoms with Crippen LogP contribution in [-0.2, 0) is 0 Å². The van der Waals surface area contributed by atoms with Crippen LogP contribution in [0.1, 0.15) is 30.0 Å². The quantitative estimate of drug-likeness (QED) is 0.906. The zero-order valence-electron chi connectivity index (χ0n) is 12.8. The molecule has 0 aliphatic carbocycles. The molecule has 2 N–H and O–H groups in total. The molecule has 2 rings (SSSR count). The number of benzene rings is 1. The maximum Gasteiger partial charge on any atom is 0.0470 e. The third kappa shape index (κ3) is 3.53. The lowest BCUT2D eigenvalue weighted by molar-refractivity contribution is 0.179. The Bertz CT molecular complexity index is 449. The number of hydrogen-bond donors (Lipinski definition) is 1. The van der Waals surface area contributed by atoms with Crippen molar-refractivity contribution in [3.05, 3.63) is 34.3 Å². The highest BCUT2D eigenvalue weighted by molar-refractivity contribution is 6.30. The highest BCUT2D eigenvalue weighted by atomic mass is 35.5. The molecule has 4 heteroatoms. The van der Waals surface area contributed by atoms with Crippen molar-refractivity contribution < 1.29 is 0 Å². The van der Waals surface area contributed by atoms with E-state index in [0.29, 0.717) is 12.6 Å². The summed E-state index contributed by atoms with van der Waals surface area (Å²) >= 11 is 6.05. The van der Waals surface area contributed by atoms with Gasteiger partial charge in [0.1, 0.15) is 0 Å². The highest BCUT2D eigenvalue weighted by Gasteiger charge is 2.25. The first kappa shape index (κ1) is 15.8. The molecule has 0 radical (unpaired) electrons. The first-order valence-corrected chi connectivity index (χ1v) is 7.77. The van der Waals surface area contributed by atoms with Crippen molar-refractivity contribution >= 4 is 11.6 Å². The third-order valence-electron chi connectivity index (χ3n) is 4.52. The van der Waals surface area contributed by atoms with Crippen LogP contribution in [-0.4, -0.2) is 49.6 Å². The Morgan fingerprint density at radius 2 is 2.25 bits per heavy atom. The second kappa shape index (κ2) is 6.90. The number of nitrogens with zero attached hydrogens (tertiary/aromatic N) is 2. The Morgan fingerprint density at radius 3 is 2.80 bits per heavy atom. The molecule has 1 aliphatic rings. The van der Waals surface area contributed by atoms with Gasteiger partial charge in [0.2, 0.25) is 0 Å². The van der Waals surface area contributed by atoms with E-state index in [1.165, 1.54) is 30.5 Å². The molecule has 2 atom stereocenters. The Labute approximate surface area is 127 Å². The number of likely N-dealkylation sites (tertiary alicyclic amines) is 1. The number of likely N-dealkylation sites (N-methyl/N-ethyl adjacent to an activating group) is 2. The van der Waals surface area contributed by atoms with E-state index < -0.39 is 0 Å². The van der Waals surface area contributed by atoms with Crippen LogP contribution in [0.3, 0.4) is 0 Å². The topological polar surface area (TPSA) is 32.5 Å². The van der Waals surface area contributed by atoms with Crippen LogP contribution in [0.25, 0.3) is 0 Å². The van der Waals surface area contributed by atoms with Crippen LogP contribution in [0.2, 0.25) is 5.02 Å². The lowest BCUT2D eigenvalue weighted by atomic mass is 9.99. The minimum absolute atomic E-state index is 0.265. The Hall–Kier alpha value is -0.610. The summed E-state index contributed by atoms with van der Waals surface area (Å²) in [6, 6.07) is 7.02. The molecule has 2 unspecified atom stereocenters. The molecule has 1 aromatic carbocycles. The monoisotopic (exact) mass is 295 g/mol. The van der Waals surface area contributed by atoms with Gasteiger partial charge in [-0.25, -0.2) is 0 Å². The standard InChI is InChI=1S/C16H26ClN3/c1-12-9-13(17)6-7-15(12)16(10-18)20(3)11-14-5-4-8-19(14)2/h6-7,9,14,16H,4-5,8,10-11,18H2,1-3H3. The van der Waals surface area contributed by atoms with Crippen LogP contribution in [0.5, 0.6) is 0 Å². The van der Waals surface area contributed by atoms with Gasteiger partial charge >= 0.3 is 0 Å². The van der Waals surface area contributed by atoms with Crippen molar-refractivity contribution in [1.82, 2.24) is 9.80 Å². The van der Waals surface area contributed by atoms with Gasteiger partial charge in [-0.15, -0.1) is 0 Å². The Balaban J connectivity index is 2.10. The van der Waals surface area contributed by atoms with Crippen molar-refractivity contribution in [2.75, 3.05) is 33.7 Å². The van der Waals surface area contributed by atoms with Gasteiger partial charge in [0.15, 0.2) is 0 Å². The van der Waals surface area contributed by atoms with Gasteiger partial charge in [-0.1, -0.05) is 17.7 Å². The summed E-state index contributed by atoms with van der Waals surface area (Å²) in [5.74, 6) is 0. The van der Waals surface area contributed by atoms with E-state index in [1.54, 1.807) is 0 Å². The number of rotatable bonds is 5. The second-order valence-electron chi connectivity index (χ2n) is 5.97. The summed E-state index contributed by atoms with van der Waals surface area (Å²) in [5, 5.41) is 0.792. The minimum Gasteiger partial charge on any atom is -0.329 e. The molecular formula is C16H26ClN3. The molecule has 1 aliphatic heterocycles. The van der Waals surface area contributed by atoms with Gasteiger partial charge in [-0.05, 0) is 63.7 Å². The molecule has 3 nitrogen and oxygen atoms in total. The maximum atomic E-state index is 6.05. The summed E-state index contributed by atoms with van der Waals surface area (Å²) in [4.78, 5) is 4.85. The average Bonchev–Trinajstić information content (AvgIpc) is 2.78. The van der Waals surface area contributed by atoms with Crippen LogP contribution in [0.4, 0.5) is 0 Å². The minimum atomic E-state index is 0.265. The van der Waals surface area contributed by atoms with E-state index in [0.717, 1.165) is 11.6 Å². The fourth-order valence-electron chi connectivity index (χ4n) is 3.23. The van der Waals surface area contributed by atoms with Gasteiger partial charge in [0.25, 0.3) is 0 Å². The highest BCUT2D eigenvalue weighted by Crippen LogP contribution is 2.26. The van der Waals surface area contributed by atoms with Crippen molar-refractivity contribution in [2.24, 2.45) is 5.73 Å². The fourth-order valence-corrected chi connectivity index (χ4v) is 3.45. The van der Waals surface area contributed by atoms with Crippen LogP contribution in [0.15, 0.2) is 18.2 Å². The molecule has 0 saturated carbocycles. The van der Waals surface area contributed by atoms with Crippen molar-refractivity contribution in [2.45, 2.75) is 31.8 Å². The zero-order chi connectivity index (χ0) is 14.7. The van der Waals surface area contributed by atoms with Gasteiger partial charge in [-0.2, -0.15) is 0 Å². The van der Waals surface area contributed by atoms with E-state index in [-0.39, 0.29) is 6.04 Å². The lowest BCUT2D eigenvalue weighted by Crippen LogP contribution is -2.40. The maximum absolute atomic E-state index is 6.05.